The van der Waals surface area contributed by atoms with E-state index in [4.69, 9.17) is 9.97 Å². The molecule has 0 N–H and O–H groups in total. The Kier molecular flexibility index (Phi) is 2.81. The Morgan fingerprint density at radius 3 is 1.46 bits per heavy atom. The van der Waals surface area contributed by atoms with E-state index in [1.807, 2.05) is 24.3 Å². The molecular weight excluding hydrogens is 432 g/mol. The Bertz CT molecular complexity index is 2240. The lowest BCUT2D eigenvalue weighted by Gasteiger charge is -2.01. The van der Waals surface area contributed by atoms with Crippen LogP contribution < -0.4 is 0 Å². The molecule has 9 rings (SSSR count). The molecule has 0 spiro atoms. The average Bonchev–Trinajstić information content (AvgIpc) is 3.60. The molecule has 0 aliphatic heterocycles. The first-order valence-electron chi connectivity index (χ1n) is 11.5. The van der Waals surface area contributed by atoms with Crippen molar-refractivity contribution < 1.29 is 0 Å². The highest BCUT2D eigenvalue weighted by molar-refractivity contribution is 6.07. The summed E-state index contributed by atoms with van der Waals surface area (Å²) >= 11 is 0. The number of hydrogen-bond acceptors (Lipinski definition) is 3. The molecule has 6 nitrogen and oxygen atoms in total. The van der Waals surface area contributed by atoms with Crippen LogP contribution in [0.5, 0.6) is 0 Å². The quantitative estimate of drug-likeness (QED) is 0.274. The summed E-state index contributed by atoms with van der Waals surface area (Å²) in [6.07, 6.45) is 0. The molecule has 0 aliphatic rings. The Hall–Kier alpha value is -5.15. The third-order valence-corrected chi connectivity index (χ3v) is 7.31. The number of benzene rings is 5. The summed E-state index contributed by atoms with van der Waals surface area (Å²) in [5, 5.41) is 14.5. The number of rotatable bonds is 0. The second-order valence-corrected chi connectivity index (χ2v) is 9.18. The molecule has 0 amide bonds. The lowest BCUT2D eigenvalue weighted by molar-refractivity contribution is 1.15. The second-order valence-electron chi connectivity index (χ2n) is 9.18. The van der Waals surface area contributed by atoms with Gasteiger partial charge in [0.1, 0.15) is 5.52 Å². The number of fused-ring (bicyclic) bond motifs is 12. The van der Waals surface area contributed by atoms with E-state index >= 15 is 0 Å². The monoisotopic (exact) mass is 446 g/mol. The minimum absolute atomic E-state index is 0.615. The zero-order chi connectivity index (χ0) is 22.8. The summed E-state index contributed by atoms with van der Waals surface area (Å²) in [6, 6.07) is 31.6. The van der Waals surface area contributed by atoms with E-state index in [2.05, 4.69) is 79.9 Å². The molecule has 0 fully saturated rings. The molecule has 4 heterocycles. The molecule has 5 aromatic carbocycles. The van der Waals surface area contributed by atoms with E-state index in [1.54, 1.807) is 0 Å². The van der Waals surface area contributed by atoms with Crippen molar-refractivity contribution in [1.82, 2.24) is 23.2 Å². The molecule has 4 aromatic heterocycles. The molecule has 0 saturated carbocycles. The Morgan fingerprint density at radius 2 is 1.00 bits per heavy atom. The minimum atomic E-state index is 0.615. The largest absolute Gasteiger partial charge is 0.276 e. The highest BCUT2D eigenvalue weighted by Crippen LogP contribution is 2.36. The summed E-state index contributed by atoms with van der Waals surface area (Å²) in [4.78, 5) is 10.2. The third-order valence-electron chi connectivity index (χ3n) is 7.31. The van der Waals surface area contributed by atoms with Gasteiger partial charge in [-0.1, -0.05) is 48.5 Å². The van der Waals surface area contributed by atoms with Crippen molar-refractivity contribution in [1.29, 1.82) is 5.26 Å². The van der Waals surface area contributed by atoms with Gasteiger partial charge < -0.3 is 0 Å². The van der Waals surface area contributed by atoms with Crippen LogP contribution in [0.15, 0.2) is 84.9 Å². The zero-order valence-corrected chi connectivity index (χ0v) is 18.3. The third kappa shape index (κ3) is 1.97. The van der Waals surface area contributed by atoms with Crippen LogP contribution in [-0.2, 0) is 0 Å². The van der Waals surface area contributed by atoms with Crippen LogP contribution in [-0.4, -0.2) is 23.2 Å². The highest BCUT2D eigenvalue weighted by atomic mass is 15.3. The topological polar surface area (TPSA) is 62.8 Å². The fourth-order valence-corrected chi connectivity index (χ4v) is 5.80. The van der Waals surface area contributed by atoms with Crippen LogP contribution in [0.2, 0.25) is 0 Å². The molecule has 160 valence electrons. The normalized spacial score (nSPS) is 12.5. The van der Waals surface area contributed by atoms with Crippen LogP contribution in [0.3, 0.4) is 0 Å². The fraction of sp³-hybridized carbons (Fsp3) is 0. The predicted octanol–water partition coefficient (Wildman–Crippen LogP) is 6.31. The molecule has 0 unspecified atom stereocenters. The summed E-state index contributed by atoms with van der Waals surface area (Å²) in [5.41, 5.74) is 7.47. The van der Waals surface area contributed by atoms with Crippen molar-refractivity contribution >= 4 is 71.7 Å². The number of hydrogen-bond donors (Lipinski definition) is 0. The van der Waals surface area contributed by atoms with Crippen LogP contribution >= 0.6 is 0 Å². The second kappa shape index (κ2) is 5.66. The van der Waals surface area contributed by atoms with Gasteiger partial charge in [-0.3, -0.25) is 8.80 Å². The van der Waals surface area contributed by atoms with Gasteiger partial charge in [-0.15, -0.1) is 0 Å². The van der Waals surface area contributed by atoms with Gasteiger partial charge >= 0.3 is 0 Å². The fourth-order valence-electron chi connectivity index (χ4n) is 5.80. The van der Waals surface area contributed by atoms with Crippen molar-refractivity contribution in [2.45, 2.75) is 0 Å². The van der Waals surface area contributed by atoms with Gasteiger partial charge in [-0.05, 0) is 57.9 Å². The summed E-state index contributed by atoms with van der Waals surface area (Å²) in [5.74, 6) is 1.61. The van der Waals surface area contributed by atoms with Crippen LogP contribution in [0, 0.1) is 11.3 Å². The maximum atomic E-state index is 9.90. The maximum absolute atomic E-state index is 9.90. The van der Waals surface area contributed by atoms with Gasteiger partial charge in [0.25, 0.3) is 0 Å². The van der Waals surface area contributed by atoms with E-state index in [0.29, 0.717) is 5.56 Å². The van der Waals surface area contributed by atoms with Crippen LogP contribution in [0.4, 0.5) is 0 Å². The molecule has 6 heteroatoms. The molecule has 35 heavy (non-hydrogen) atoms. The number of nitriles is 1. The molecule has 0 saturated heterocycles. The Labute approximate surface area is 196 Å². The zero-order valence-electron chi connectivity index (χ0n) is 18.3. The standard InChI is InChI=1S/C29H14N6/c30-15-16-9-25-27-26(10-16)34-24-14-20-8-4-2-6-18(20)12-22(24)32-29(34)35(27)28-31-21-11-17-5-1-3-7-19(17)13-23(21)33(25)28/h1-14H. The molecular formula is C29H14N6. The van der Waals surface area contributed by atoms with Gasteiger partial charge in [-0.2, -0.15) is 5.26 Å². The summed E-state index contributed by atoms with van der Waals surface area (Å²) < 4.78 is 6.47. The van der Waals surface area contributed by atoms with Crippen molar-refractivity contribution in [2.75, 3.05) is 0 Å². The number of imidazole rings is 4. The highest BCUT2D eigenvalue weighted by Gasteiger charge is 2.24. The maximum Gasteiger partial charge on any atom is 0.223 e. The lowest BCUT2D eigenvalue weighted by Crippen LogP contribution is -1.88. The van der Waals surface area contributed by atoms with Crippen LogP contribution in [0.1, 0.15) is 5.56 Å². The number of nitrogens with zero attached hydrogens (tertiary/aromatic N) is 6. The van der Waals surface area contributed by atoms with Crippen molar-refractivity contribution in [3.8, 4) is 6.07 Å². The van der Waals surface area contributed by atoms with Crippen molar-refractivity contribution in [3.63, 3.8) is 0 Å². The average molecular weight is 446 g/mol. The lowest BCUT2D eigenvalue weighted by atomic mass is 10.1. The van der Waals surface area contributed by atoms with Crippen LogP contribution in [0.25, 0.3) is 71.7 Å². The first-order valence-corrected chi connectivity index (χ1v) is 11.5. The molecule has 9 aromatic rings. The molecule has 0 atom stereocenters. The number of aromatic nitrogens is 5. The SMILES string of the molecule is N#Cc1cc2c3c(c1)n1c4cc5ccccc5cc4nc1n3c1nc3cc4ccccc4cc3n21. The molecule has 0 bridgehead atoms. The van der Waals surface area contributed by atoms with E-state index in [1.165, 1.54) is 0 Å². The van der Waals surface area contributed by atoms with E-state index < -0.39 is 0 Å². The molecule has 0 radical (unpaired) electrons. The van der Waals surface area contributed by atoms with Gasteiger partial charge in [0.2, 0.25) is 11.6 Å². The van der Waals surface area contributed by atoms with Crippen molar-refractivity contribution in [3.05, 3.63) is 90.5 Å². The minimum Gasteiger partial charge on any atom is -0.276 e. The summed E-state index contributed by atoms with van der Waals surface area (Å²) in [6.45, 7) is 0. The van der Waals surface area contributed by atoms with E-state index in [0.717, 1.165) is 71.7 Å². The Balaban J connectivity index is 1.57. The first-order chi connectivity index (χ1) is 17.3. The van der Waals surface area contributed by atoms with E-state index in [-0.39, 0.29) is 0 Å². The Morgan fingerprint density at radius 1 is 0.543 bits per heavy atom. The van der Waals surface area contributed by atoms with Gasteiger partial charge in [0, 0.05) is 0 Å². The van der Waals surface area contributed by atoms with Gasteiger partial charge in [-0.25, -0.2) is 14.4 Å². The van der Waals surface area contributed by atoms with Gasteiger partial charge in [0.15, 0.2) is 0 Å². The molecule has 0 aliphatic carbocycles. The van der Waals surface area contributed by atoms with E-state index in [9.17, 15) is 5.26 Å². The smallest absolute Gasteiger partial charge is 0.223 e. The predicted molar refractivity (Wildman–Crippen MR) is 138 cm³/mol. The van der Waals surface area contributed by atoms with Gasteiger partial charge in [0.05, 0.1) is 44.7 Å². The summed E-state index contributed by atoms with van der Waals surface area (Å²) in [7, 11) is 0. The van der Waals surface area contributed by atoms with Crippen molar-refractivity contribution in [2.24, 2.45) is 0 Å². The first kappa shape index (κ1) is 17.3.